The zero-order valence-electron chi connectivity index (χ0n) is 13.1. The van der Waals surface area contributed by atoms with Crippen molar-refractivity contribution in [3.05, 3.63) is 59.5 Å². The normalized spacial score (nSPS) is 15.4. The van der Waals surface area contributed by atoms with Crippen molar-refractivity contribution < 1.29 is 14.0 Å². The molecule has 0 aliphatic carbocycles. The van der Waals surface area contributed by atoms with E-state index in [9.17, 15) is 9.59 Å². The highest BCUT2D eigenvalue weighted by molar-refractivity contribution is 5.94. The fourth-order valence-corrected chi connectivity index (χ4v) is 2.79. The molecule has 1 aliphatic rings. The maximum absolute atomic E-state index is 12.3. The lowest BCUT2D eigenvalue weighted by Crippen LogP contribution is -2.46. The average molecular weight is 312 g/mol. The summed E-state index contributed by atoms with van der Waals surface area (Å²) >= 11 is 0. The maximum Gasteiger partial charge on any atom is 0.289 e. The van der Waals surface area contributed by atoms with Crippen molar-refractivity contribution >= 4 is 11.8 Å². The minimum Gasteiger partial charge on any atom is -0.456 e. The molecule has 1 N–H and O–H groups in total. The first kappa shape index (κ1) is 15.3. The largest absolute Gasteiger partial charge is 0.456 e. The van der Waals surface area contributed by atoms with Crippen molar-refractivity contribution in [2.24, 2.45) is 0 Å². The van der Waals surface area contributed by atoms with Crippen LogP contribution in [0.15, 0.2) is 46.9 Å². The number of carbonyl (C=O) groups is 2. The fraction of sp³-hybridized carbons (Fsp3) is 0.333. The molecule has 2 heterocycles. The zero-order chi connectivity index (χ0) is 16.2. The van der Waals surface area contributed by atoms with Gasteiger partial charge in [0.1, 0.15) is 5.76 Å². The molecular weight excluding hydrogens is 292 g/mol. The lowest BCUT2D eigenvalue weighted by Gasteiger charge is -2.31. The monoisotopic (exact) mass is 312 g/mol. The molecule has 0 unspecified atom stereocenters. The van der Waals surface area contributed by atoms with Gasteiger partial charge in [0.15, 0.2) is 5.76 Å². The molecule has 3 rings (SSSR count). The molecule has 0 bridgehead atoms. The Morgan fingerprint density at radius 1 is 1.09 bits per heavy atom. The molecular formula is C18H20N2O3. The van der Waals surface area contributed by atoms with Crippen LogP contribution < -0.4 is 5.32 Å². The highest BCUT2D eigenvalue weighted by Crippen LogP contribution is 2.16. The van der Waals surface area contributed by atoms with E-state index in [0.29, 0.717) is 24.4 Å². The Bertz CT molecular complexity index is 685. The molecule has 120 valence electrons. The number of nitrogens with one attached hydrogen (secondary N) is 1. The Kier molecular flexibility index (Phi) is 4.46. The predicted molar refractivity (Wildman–Crippen MR) is 86.3 cm³/mol. The lowest BCUT2D eigenvalue weighted by atomic mass is 10.0. The van der Waals surface area contributed by atoms with Crippen LogP contribution >= 0.6 is 0 Å². The van der Waals surface area contributed by atoms with E-state index in [2.05, 4.69) is 5.32 Å². The molecule has 1 aromatic carbocycles. The van der Waals surface area contributed by atoms with Crippen LogP contribution in [0.25, 0.3) is 0 Å². The minimum absolute atomic E-state index is 0.0583. The summed E-state index contributed by atoms with van der Waals surface area (Å²) < 4.78 is 5.39. The van der Waals surface area contributed by atoms with Gasteiger partial charge in [-0.3, -0.25) is 9.59 Å². The van der Waals surface area contributed by atoms with Crippen molar-refractivity contribution in [1.29, 1.82) is 0 Å². The highest BCUT2D eigenvalue weighted by Gasteiger charge is 2.26. The van der Waals surface area contributed by atoms with Crippen LogP contribution in [0.2, 0.25) is 0 Å². The summed E-state index contributed by atoms with van der Waals surface area (Å²) in [5.74, 6) is 0.982. The zero-order valence-corrected chi connectivity index (χ0v) is 13.1. The van der Waals surface area contributed by atoms with Crippen LogP contribution in [0.3, 0.4) is 0 Å². The number of amides is 2. The molecule has 0 saturated carbocycles. The van der Waals surface area contributed by atoms with Gasteiger partial charge in [0.2, 0.25) is 0 Å². The van der Waals surface area contributed by atoms with Gasteiger partial charge in [-0.2, -0.15) is 0 Å². The van der Waals surface area contributed by atoms with E-state index >= 15 is 0 Å². The number of aryl methyl sites for hydroxylation is 1. The van der Waals surface area contributed by atoms with Crippen LogP contribution in [-0.4, -0.2) is 35.8 Å². The highest BCUT2D eigenvalue weighted by atomic mass is 16.3. The SMILES string of the molecule is Cc1ccc(C(=O)N2CCC(NC(=O)c3ccccc3)CC2)o1. The summed E-state index contributed by atoms with van der Waals surface area (Å²) in [6, 6.07) is 12.8. The molecule has 1 aliphatic heterocycles. The first-order valence-electron chi connectivity index (χ1n) is 7.85. The van der Waals surface area contributed by atoms with Crippen molar-refractivity contribution in [2.45, 2.75) is 25.8 Å². The van der Waals surface area contributed by atoms with E-state index in [-0.39, 0.29) is 17.9 Å². The van der Waals surface area contributed by atoms with Crippen LogP contribution in [0.5, 0.6) is 0 Å². The van der Waals surface area contributed by atoms with Gasteiger partial charge in [-0.25, -0.2) is 0 Å². The second kappa shape index (κ2) is 6.69. The van der Waals surface area contributed by atoms with Gasteiger partial charge in [-0.1, -0.05) is 18.2 Å². The molecule has 5 heteroatoms. The minimum atomic E-state index is -0.0778. The van der Waals surface area contributed by atoms with Crippen LogP contribution in [0.4, 0.5) is 0 Å². The molecule has 2 aromatic rings. The number of rotatable bonds is 3. The molecule has 23 heavy (non-hydrogen) atoms. The molecule has 2 amide bonds. The molecule has 0 radical (unpaired) electrons. The van der Waals surface area contributed by atoms with E-state index in [1.165, 1.54) is 0 Å². The third-order valence-electron chi connectivity index (χ3n) is 4.10. The van der Waals surface area contributed by atoms with Crippen molar-refractivity contribution in [1.82, 2.24) is 10.2 Å². The van der Waals surface area contributed by atoms with Crippen LogP contribution in [0, 0.1) is 6.92 Å². The average Bonchev–Trinajstić information content (AvgIpc) is 3.02. The number of carbonyl (C=O) groups excluding carboxylic acids is 2. The van der Waals surface area contributed by atoms with Crippen LogP contribution in [0.1, 0.15) is 39.5 Å². The number of benzene rings is 1. The molecule has 1 fully saturated rings. The first-order chi connectivity index (χ1) is 11.1. The van der Waals surface area contributed by atoms with Crippen molar-refractivity contribution in [3.8, 4) is 0 Å². The second-order valence-electron chi connectivity index (χ2n) is 5.82. The first-order valence-corrected chi connectivity index (χ1v) is 7.85. The Hall–Kier alpha value is -2.56. The van der Waals surface area contributed by atoms with Gasteiger partial charge < -0.3 is 14.6 Å². The number of piperidine rings is 1. The maximum atomic E-state index is 12.3. The lowest BCUT2D eigenvalue weighted by molar-refractivity contribution is 0.0666. The Labute approximate surface area is 135 Å². The summed E-state index contributed by atoms with van der Waals surface area (Å²) in [5.41, 5.74) is 0.664. The second-order valence-corrected chi connectivity index (χ2v) is 5.82. The summed E-state index contributed by atoms with van der Waals surface area (Å²) in [6.45, 7) is 3.07. The standard InChI is InChI=1S/C18H20N2O3/c1-13-7-8-16(23-13)18(22)20-11-9-15(10-12-20)19-17(21)14-5-3-2-4-6-14/h2-8,15H,9-12H2,1H3,(H,19,21). The number of furan rings is 1. The predicted octanol–water partition coefficient (Wildman–Crippen LogP) is 2.62. The quantitative estimate of drug-likeness (QED) is 0.947. The van der Waals surface area contributed by atoms with E-state index < -0.39 is 0 Å². The van der Waals surface area contributed by atoms with Crippen molar-refractivity contribution in [3.63, 3.8) is 0 Å². The van der Waals surface area contributed by atoms with E-state index in [1.807, 2.05) is 25.1 Å². The summed E-state index contributed by atoms with van der Waals surface area (Å²) in [7, 11) is 0. The number of hydrogen-bond donors (Lipinski definition) is 1. The molecule has 0 spiro atoms. The van der Waals surface area contributed by atoms with Crippen LogP contribution in [-0.2, 0) is 0 Å². The Morgan fingerprint density at radius 3 is 2.39 bits per heavy atom. The van der Waals surface area contributed by atoms with Gasteiger partial charge in [0, 0.05) is 24.7 Å². The molecule has 5 nitrogen and oxygen atoms in total. The topological polar surface area (TPSA) is 62.6 Å². The Balaban J connectivity index is 1.52. The van der Waals surface area contributed by atoms with E-state index in [4.69, 9.17) is 4.42 Å². The van der Waals surface area contributed by atoms with E-state index in [1.54, 1.807) is 29.2 Å². The smallest absolute Gasteiger partial charge is 0.289 e. The molecule has 0 atom stereocenters. The summed E-state index contributed by atoms with van der Waals surface area (Å²) in [5, 5.41) is 3.04. The summed E-state index contributed by atoms with van der Waals surface area (Å²) in [4.78, 5) is 26.2. The van der Waals surface area contributed by atoms with Gasteiger partial charge in [0.05, 0.1) is 0 Å². The van der Waals surface area contributed by atoms with Gasteiger partial charge in [-0.05, 0) is 44.0 Å². The third kappa shape index (κ3) is 3.62. The summed E-state index contributed by atoms with van der Waals surface area (Å²) in [6.07, 6.45) is 1.51. The van der Waals surface area contributed by atoms with Crippen molar-refractivity contribution in [2.75, 3.05) is 13.1 Å². The number of hydrogen-bond acceptors (Lipinski definition) is 3. The molecule has 1 saturated heterocycles. The fourth-order valence-electron chi connectivity index (χ4n) is 2.79. The van der Waals surface area contributed by atoms with Gasteiger partial charge >= 0.3 is 0 Å². The molecule has 1 aromatic heterocycles. The third-order valence-corrected chi connectivity index (χ3v) is 4.10. The van der Waals surface area contributed by atoms with Gasteiger partial charge in [0.25, 0.3) is 11.8 Å². The number of nitrogens with zero attached hydrogens (tertiary/aromatic N) is 1. The number of likely N-dealkylation sites (tertiary alicyclic amines) is 1. The van der Waals surface area contributed by atoms with Gasteiger partial charge in [-0.15, -0.1) is 0 Å². The van der Waals surface area contributed by atoms with E-state index in [0.717, 1.165) is 18.6 Å². The Morgan fingerprint density at radius 2 is 1.78 bits per heavy atom.